The number of nitrogens with one attached hydrogen (secondary N) is 2. The van der Waals surface area contributed by atoms with E-state index in [0.29, 0.717) is 12.5 Å². The molecule has 20 heavy (non-hydrogen) atoms. The summed E-state index contributed by atoms with van der Waals surface area (Å²) in [7, 11) is 0. The molecule has 0 aliphatic carbocycles. The molecule has 0 spiro atoms. The quantitative estimate of drug-likeness (QED) is 0.709. The summed E-state index contributed by atoms with van der Waals surface area (Å²) in [5.74, 6) is 0.807. The van der Waals surface area contributed by atoms with Crippen LogP contribution in [0.1, 0.15) is 18.4 Å². The fraction of sp³-hybridized carbons (Fsp3) is 0.533. The zero-order valence-electron chi connectivity index (χ0n) is 11.5. The number of nitrogens with zero attached hydrogens (tertiary/aromatic N) is 1. The first-order chi connectivity index (χ1) is 9.69. The fourth-order valence-corrected chi connectivity index (χ4v) is 3.75. The minimum Gasteiger partial charge on any atom is -0.397 e. The third-order valence-electron chi connectivity index (χ3n) is 4.90. The van der Waals surface area contributed by atoms with Crippen LogP contribution in [-0.4, -0.2) is 36.5 Å². The molecule has 5 heteroatoms. The van der Waals surface area contributed by atoms with Gasteiger partial charge in [-0.25, -0.2) is 0 Å². The number of rotatable bonds is 2. The number of carbonyl (C=O) groups is 1. The number of hydrogen-bond acceptors (Lipinski definition) is 4. The number of amides is 1. The van der Waals surface area contributed by atoms with E-state index in [9.17, 15) is 4.79 Å². The van der Waals surface area contributed by atoms with E-state index < -0.39 is 0 Å². The molecule has 5 rings (SSSR count). The molecule has 4 aliphatic rings. The zero-order chi connectivity index (χ0) is 13.7. The lowest BCUT2D eigenvalue weighted by atomic mass is 9.84. The zero-order valence-corrected chi connectivity index (χ0v) is 11.5. The second kappa shape index (κ2) is 4.38. The van der Waals surface area contributed by atoms with Crippen molar-refractivity contribution in [2.75, 3.05) is 36.0 Å². The number of nitrogens with two attached hydrogens (primary N) is 1. The van der Waals surface area contributed by atoms with Gasteiger partial charge in [-0.1, -0.05) is 0 Å². The van der Waals surface area contributed by atoms with Crippen molar-refractivity contribution in [3.63, 3.8) is 0 Å². The van der Waals surface area contributed by atoms with E-state index in [2.05, 4.69) is 15.5 Å². The van der Waals surface area contributed by atoms with Crippen LogP contribution in [0.2, 0.25) is 0 Å². The van der Waals surface area contributed by atoms with Crippen LogP contribution in [0.15, 0.2) is 12.1 Å². The van der Waals surface area contributed by atoms with Crippen LogP contribution in [0.5, 0.6) is 0 Å². The Bertz CT molecular complexity index is 563. The van der Waals surface area contributed by atoms with Gasteiger partial charge in [0.25, 0.3) is 0 Å². The van der Waals surface area contributed by atoms with Crippen molar-refractivity contribution >= 4 is 23.0 Å². The van der Waals surface area contributed by atoms with Crippen molar-refractivity contribution in [2.24, 2.45) is 5.92 Å². The molecule has 5 nitrogen and oxygen atoms in total. The van der Waals surface area contributed by atoms with E-state index in [-0.39, 0.29) is 5.91 Å². The van der Waals surface area contributed by atoms with Gasteiger partial charge in [0.15, 0.2) is 0 Å². The molecule has 1 unspecified atom stereocenters. The van der Waals surface area contributed by atoms with Gasteiger partial charge in [0.1, 0.15) is 0 Å². The average Bonchev–Trinajstić information content (AvgIpc) is 2.80. The third-order valence-corrected chi connectivity index (χ3v) is 4.90. The van der Waals surface area contributed by atoms with Gasteiger partial charge in [-0.3, -0.25) is 4.79 Å². The average molecular weight is 272 g/mol. The monoisotopic (exact) mass is 272 g/mol. The molecule has 1 amide bonds. The summed E-state index contributed by atoms with van der Waals surface area (Å²) < 4.78 is 0. The van der Waals surface area contributed by atoms with E-state index in [4.69, 9.17) is 5.73 Å². The maximum absolute atomic E-state index is 11.4. The number of benzene rings is 1. The predicted octanol–water partition coefficient (Wildman–Crippen LogP) is 1.27. The first-order valence-electron chi connectivity index (χ1n) is 7.40. The van der Waals surface area contributed by atoms with Crippen LogP contribution in [0.4, 0.5) is 17.1 Å². The van der Waals surface area contributed by atoms with Crippen LogP contribution >= 0.6 is 0 Å². The van der Waals surface area contributed by atoms with Gasteiger partial charge >= 0.3 is 0 Å². The highest BCUT2D eigenvalue weighted by Gasteiger charge is 2.34. The molecule has 0 aromatic heterocycles. The summed E-state index contributed by atoms with van der Waals surface area (Å²) in [6.45, 7) is 3.57. The smallest absolute Gasteiger partial charge is 0.228 e. The number of piperidine rings is 3. The van der Waals surface area contributed by atoms with E-state index >= 15 is 0 Å². The van der Waals surface area contributed by atoms with Gasteiger partial charge in [0, 0.05) is 18.3 Å². The maximum Gasteiger partial charge on any atom is 0.228 e. The van der Waals surface area contributed by atoms with E-state index in [0.717, 1.165) is 35.1 Å². The van der Waals surface area contributed by atoms with Crippen molar-refractivity contribution in [3.8, 4) is 0 Å². The molecule has 1 aromatic carbocycles. The van der Waals surface area contributed by atoms with Crippen LogP contribution in [-0.2, 0) is 11.2 Å². The molecule has 4 N–H and O–H groups in total. The molecule has 2 bridgehead atoms. The minimum absolute atomic E-state index is 0.0550. The van der Waals surface area contributed by atoms with Crippen LogP contribution in [0.25, 0.3) is 0 Å². The Morgan fingerprint density at radius 2 is 2.10 bits per heavy atom. The lowest BCUT2D eigenvalue weighted by molar-refractivity contribution is -0.115. The Hall–Kier alpha value is -1.75. The number of hydrogen-bond donors (Lipinski definition) is 3. The molecule has 3 saturated heterocycles. The van der Waals surface area contributed by atoms with Gasteiger partial charge in [0.2, 0.25) is 5.91 Å². The van der Waals surface area contributed by atoms with Gasteiger partial charge in [-0.2, -0.15) is 0 Å². The molecule has 1 atom stereocenters. The Kier molecular flexibility index (Phi) is 2.63. The summed E-state index contributed by atoms with van der Waals surface area (Å²) in [4.78, 5) is 14.0. The summed E-state index contributed by atoms with van der Waals surface area (Å²) in [5.41, 5.74) is 9.77. The topological polar surface area (TPSA) is 70.4 Å². The van der Waals surface area contributed by atoms with Crippen LogP contribution in [0, 0.1) is 5.92 Å². The number of anilines is 3. The second-order valence-electron chi connectivity index (χ2n) is 6.21. The summed E-state index contributed by atoms with van der Waals surface area (Å²) in [5, 5.41) is 6.50. The van der Waals surface area contributed by atoms with Gasteiger partial charge < -0.3 is 21.3 Å². The molecule has 3 fully saturated rings. The molecular formula is C15H20N4O. The van der Waals surface area contributed by atoms with Crippen molar-refractivity contribution in [2.45, 2.75) is 25.3 Å². The molecule has 4 heterocycles. The normalized spacial score (nSPS) is 31.0. The molecular weight excluding hydrogens is 252 g/mol. The highest BCUT2D eigenvalue weighted by Crippen LogP contribution is 2.35. The van der Waals surface area contributed by atoms with Crippen LogP contribution < -0.4 is 16.4 Å². The molecule has 4 aliphatic heterocycles. The highest BCUT2D eigenvalue weighted by molar-refractivity contribution is 6.00. The van der Waals surface area contributed by atoms with Gasteiger partial charge in [-0.05, 0) is 49.5 Å². The second-order valence-corrected chi connectivity index (χ2v) is 6.21. The lowest BCUT2D eigenvalue weighted by Crippen LogP contribution is -2.53. The minimum atomic E-state index is 0.0550. The predicted molar refractivity (Wildman–Crippen MR) is 79.8 cm³/mol. The van der Waals surface area contributed by atoms with E-state index in [1.165, 1.54) is 25.9 Å². The SMILES string of the molecule is Nc1cc2c(cc1NC1CN3CCC1CC3)NC(=O)C2. The number of carbonyl (C=O) groups excluding carboxylic acids is 1. The van der Waals surface area contributed by atoms with Crippen molar-refractivity contribution in [1.82, 2.24) is 4.90 Å². The van der Waals surface area contributed by atoms with Crippen molar-refractivity contribution in [3.05, 3.63) is 17.7 Å². The van der Waals surface area contributed by atoms with Crippen molar-refractivity contribution in [1.29, 1.82) is 0 Å². The maximum atomic E-state index is 11.4. The molecule has 1 aromatic rings. The standard InChI is InChI=1S/C15H20N4O/c16-11-5-10-6-15(20)18-12(10)7-13(11)17-14-8-19-3-1-9(14)2-4-19/h5,7,9,14,17H,1-4,6,8,16H2,(H,18,20). The lowest BCUT2D eigenvalue weighted by Gasteiger charge is -2.45. The number of nitrogen functional groups attached to an aromatic ring is 1. The molecule has 0 radical (unpaired) electrons. The molecule has 106 valence electrons. The van der Waals surface area contributed by atoms with Gasteiger partial charge in [-0.15, -0.1) is 0 Å². The summed E-state index contributed by atoms with van der Waals surface area (Å²) in [6.07, 6.45) is 3.00. The molecule has 0 saturated carbocycles. The third kappa shape index (κ3) is 1.93. The Morgan fingerprint density at radius 3 is 2.80 bits per heavy atom. The summed E-state index contributed by atoms with van der Waals surface area (Å²) >= 11 is 0. The van der Waals surface area contributed by atoms with Crippen LogP contribution in [0.3, 0.4) is 0 Å². The van der Waals surface area contributed by atoms with E-state index in [1.54, 1.807) is 0 Å². The highest BCUT2D eigenvalue weighted by atomic mass is 16.1. The van der Waals surface area contributed by atoms with Gasteiger partial charge in [0.05, 0.1) is 17.8 Å². The largest absolute Gasteiger partial charge is 0.397 e. The first-order valence-corrected chi connectivity index (χ1v) is 7.40. The fourth-order valence-electron chi connectivity index (χ4n) is 3.75. The summed E-state index contributed by atoms with van der Waals surface area (Å²) in [6, 6.07) is 4.40. The Labute approximate surface area is 118 Å². The Balaban J connectivity index is 1.57. The Morgan fingerprint density at radius 1 is 1.30 bits per heavy atom. The first kappa shape index (κ1) is 12.0. The van der Waals surface area contributed by atoms with E-state index in [1.807, 2.05) is 12.1 Å². The van der Waals surface area contributed by atoms with Crippen molar-refractivity contribution < 1.29 is 4.79 Å². The number of fused-ring (bicyclic) bond motifs is 4.